The number of carbonyl (C=O) groups excluding carboxylic acids is 3. The zero-order valence-electron chi connectivity index (χ0n) is 20.7. The SMILES string of the molecule is Cc1ccc(C(=O)Nc2c(C)cccc2C(C)C)cc1NC1=C(Cl)C(=O)N(Cc2ccccc2)C1=O. The summed E-state index contributed by atoms with van der Waals surface area (Å²) in [5.41, 5.74) is 5.37. The van der Waals surface area contributed by atoms with Crippen LogP contribution in [-0.2, 0) is 16.1 Å². The first kappa shape index (κ1) is 25.2. The van der Waals surface area contributed by atoms with Crippen LogP contribution in [0.5, 0.6) is 0 Å². The quantitative estimate of drug-likeness (QED) is 0.383. The maximum absolute atomic E-state index is 13.2. The van der Waals surface area contributed by atoms with Crippen LogP contribution in [0.3, 0.4) is 0 Å². The molecule has 1 aliphatic rings. The van der Waals surface area contributed by atoms with Crippen LogP contribution in [0.4, 0.5) is 11.4 Å². The van der Waals surface area contributed by atoms with Gasteiger partial charge < -0.3 is 10.6 Å². The fourth-order valence-corrected chi connectivity index (χ4v) is 4.36. The average molecular weight is 502 g/mol. The number of anilines is 2. The van der Waals surface area contributed by atoms with Gasteiger partial charge in [-0.2, -0.15) is 0 Å². The molecule has 36 heavy (non-hydrogen) atoms. The van der Waals surface area contributed by atoms with Crippen molar-refractivity contribution in [2.24, 2.45) is 0 Å². The minimum Gasteiger partial charge on any atom is -0.349 e. The highest BCUT2D eigenvalue weighted by atomic mass is 35.5. The lowest BCUT2D eigenvalue weighted by Crippen LogP contribution is -2.31. The van der Waals surface area contributed by atoms with E-state index in [1.54, 1.807) is 18.2 Å². The topological polar surface area (TPSA) is 78.5 Å². The number of rotatable bonds is 7. The van der Waals surface area contributed by atoms with E-state index in [1.165, 1.54) is 0 Å². The summed E-state index contributed by atoms with van der Waals surface area (Å²) in [6.45, 7) is 8.09. The Kier molecular flexibility index (Phi) is 7.27. The molecule has 0 spiro atoms. The monoisotopic (exact) mass is 501 g/mol. The Labute approximate surface area is 216 Å². The van der Waals surface area contributed by atoms with Crippen molar-refractivity contribution < 1.29 is 14.4 Å². The largest absolute Gasteiger partial charge is 0.349 e. The van der Waals surface area contributed by atoms with Crippen molar-refractivity contribution in [3.05, 3.63) is 105 Å². The van der Waals surface area contributed by atoms with Gasteiger partial charge in [-0.05, 0) is 54.2 Å². The first-order valence-corrected chi connectivity index (χ1v) is 12.1. The van der Waals surface area contributed by atoms with E-state index >= 15 is 0 Å². The predicted molar refractivity (Wildman–Crippen MR) is 143 cm³/mol. The summed E-state index contributed by atoms with van der Waals surface area (Å²) < 4.78 is 0. The number of hydrogen-bond donors (Lipinski definition) is 2. The van der Waals surface area contributed by atoms with Crippen molar-refractivity contribution >= 4 is 40.7 Å². The van der Waals surface area contributed by atoms with Gasteiger partial charge in [-0.25, -0.2) is 0 Å². The van der Waals surface area contributed by atoms with Gasteiger partial charge in [0.25, 0.3) is 17.7 Å². The average Bonchev–Trinajstić information content (AvgIpc) is 3.05. The molecule has 3 amide bonds. The molecule has 0 aliphatic carbocycles. The number of nitrogens with one attached hydrogen (secondary N) is 2. The van der Waals surface area contributed by atoms with Crippen LogP contribution in [-0.4, -0.2) is 22.6 Å². The maximum Gasteiger partial charge on any atom is 0.279 e. The smallest absolute Gasteiger partial charge is 0.279 e. The third kappa shape index (κ3) is 5.04. The van der Waals surface area contributed by atoms with Crippen molar-refractivity contribution in [1.82, 2.24) is 4.90 Å². The van der Waals surface area contributed by atoms with Gasteiger partial charge in [-0.15, -0.1) is 0 Å². The third-order valence-corrected chi connectivity index (χ3v) is 6.57. The first-order valence-electron chi connectivity index (χ1n) is 11.8. The van der Waals surface area contributed by atoms with E-state index in [0.717, 1.165) is 32.8 Å². The number of aryl methyl sites for hydroxylation is 2. The van der Waals surface area contributed by atoms with E-state index in [4.69, 9.17) is 11.6 Å². The molecule has 1 heterocycles. The van der Waals surface area contributed by atoms with Crippen LogP contribution >= 0.6 is 11.6 Å². The summed E-state index contributed by atoms with van der Waals surface area (Å²) in [6, 6.07) is 20.3. The summed E-state index contributed by atoms with van der Waals surface area (Å²) in [5, 5.41) is 5.88. The fourth-order valence-electron chi connectivity index (χ4n) is 4.13. The Morgan fingerprint density at radius 2 is 1.64 bits per heavy atom. The van der Waals surface area contributed by atoms with Crippen molar-refractivity contribution in [1.29, 1.82) is 0 Å². The highest BCUT2D eigenvalue weighted by Crippen LogP contribution is 2.30. The molecule has 0 bridgehead atoms. The van der Waals surface area contributed by atoms with Gasteiger partial charge in [0.2, 0.25) is 0 Å². The predicted octanol–water partition coefficient (Wildman–Crippen LogP) is 6.11. The van der Waals surface area contributed by atoms with Crippen LogP contribution in [0.2, 0.25) is 0 Å². The molecule has 0 atom stereocenters. The van der Waals surface area contributed by atoms with Gasteiger partial charge >= 0.3 is 0 Å². The Hall–Kier alpha value is -3.90. The van der Waals surface area contributed by atoms with Crippen molar-refractivity contribution in [2.75, 3.05) is 10.6 Å². The number of benzene rings is 3. The zero-order chi connectivity index (χ0) is 26.0. The highest BCUT2D eigenvalue weighted by Gasteiger charge is 2.38. The standard InChI is InChI=1S/C29H28ClN3O3/c1-17(2)22-12-8-9-19(4)25(22)32-27(34)21-14-13-18(3)23(15-21)31-26-24(30)28(35)33(29(26)36)16-20-10-6-5-7-11-20/h5-15,17,31H,16H2,1-4H3,(H,32,34). The minimum absolute atomic E-state index is 0.000691. The summed E-state index contributed by atoms with van der Waals surface area (Å²) >= 11 is 6.29. The van der Waals surface area contributed by atoms with Crippen LogP contribution in [0.25, 0.3) is 0 Å². The number of hydrogen-bond acceptors (Lipinski definition) is 4. The summed E-state index contributed by atoms with van der Waals surface area (Å²) in [6.07, 6.45) is 0. The van der Waals surface area contributed by atoms with Crippen LogP contribution in [0.15, 0.2) is 77.5 Å². The molecular weight excluding hydrogens is 474 g/mol. The van der Waals surface area contributed by atoms with Gasteiger partial charge in [0.15, 0.2) is 0 Å². The molecule has 3 aromatic rings. The second kappa shape index (κ2) is 10.4. The minimum atomic E-state index is -0.555. The van der Waals surface area contributed by atoms with E-state index < -0.39 is 11.8 Å². The van der Waals surface area contributed by atoms with Crippen molar-refractivity contribution in [2.45, 2.75) is 40.2 Å². The molecule has 1 aliphatic heterocycles. The number of halogens is 1. The molecule has 184 valence electrons. The lowest BCUT2D eigenvalue weighted by Gasteiger charge is -2.17. The number of nitrogens with zero attached hydrogens (tertiary/aromatic N) is 1. The molecule has 2 N–H and O–H groups in total. The van der Waals surface area contributed by atoms with Gasteiger partial charge in [0.1, 0.15) is 10.7 Å². The normalized spacial score (nSPS) is 13.6. The van der Waals surface area contributed by atoms with Crippen molar-refractivity contribution in [3.8, 4) is 0 Å². The van der Waals surface area contributed by atoms with E-state index in [2.05, 4.69) is 24.5 Å². The molecule has 3 aromatic carbocycles. The number of para-hydroxylation sites is 1. The van der Waals surface area contributed by atoms with Gasteiger partial charge in [-0.1, -0.05) is 80.0 Å². The number of carbonyl (C=O) groups is 3. The molecule has 0 aromatic heterocycles. The first-order chi connectivity index (χ1) is 17.2. The molecular formula is C29H28ClN3O3. The number of amides is 3. The molecule has 0 radical (unpaired) electrons. The molecule has 4 rings (SSSR count). The van der Waals surface area contributed by atoms with Gasteiger partial charge in [0.05, 0.1) is 6.54 Å². The molecule has 0 fully saturated rings. The second-order valence-electron chi connectivity index (χ2n) is 9.17. The van der Waals surface area contributed by atoms with E-state index in [-0.39, 0.29) is 29.1 Å². The van der Waals surface area contributed by atoms with E-state index in [9.17, 15) is 14.4 Å². The molecule has 0 saturated heterocycles. The van der Waals surface area contributed by atoms with E-state index in [1.807, 2.05) is 62.4 Å². The zero-order valence-corrected chi connectivity index (χ0v) is 21.4. The number of imide groups is 1. The lowest BCUT2D eigenvalue weighted by atomic mass is 9.98. The Morgan fingerprint density at radius 3 is 2.33 bits per heavy atom. The van der Waals surface area contributed by atoms with Crippen molar-refractivity contribution in [3.63, 3.8) is 0 Å². The molecule has 0 unspecified atom stereocenters. The summed E-state index contributed by atoms with van der Waals surface area (Å²) in [7, 11) is 0. The maximum atomic E-state index is 13.2. The van der Waals surface area contributed by atoms with Crippen LogP contribution < -0.4 is 10.6 Å². The Balaban J connectivity index is 1.57. The highest BCUT2D eigenvalue weighted by molar-refractivity contribution is 6.48. The van der Waals surface area contributed by atoms with Gasteiger partial charge in [0, 0.05) is 16.9 Å². The molecule has 6 nitrogen and oxygen atoms in total. The summed E-state index contributed by atoms with van der Waals surface area (Å²) in [5.74, 6) is -1.09. The second-order valence-corrected chi connectivity index (χ2v) is 9.55. The van der Waals surface area contributed by atoms with Gasteiger partial charge in [-0.3, -0.25) is 19.3 Å². The Morgan fingerprint density at radius 1 is 0.917 bits per heavy atom. The Bertz CT molecular complexity index is 1380. The molecule has 0 saturated carbocycles. The van der Waals surface area contributed by atoms with Crippen LogP contribution in [0.1, 0.15) is 52.4 Å². The summed E-state index contributed by atoms with van der Waals surface area (Å²) in [4.78, 5) is 40.1. The lowest BCUT2D eigenvalue weighted by molar-refractivity contribution is -0.138. The van der Waals surface area contributed by atoms with E-state index in [0.29, 0.717) is 11.3 Å². The third-order valence-electron chi connectivity index (χ3n) is 6.22. The fraction of sp³-hybridized carbons (Fsp3) is 0.207. The molecule has 7 heteroatoms. The van der Waals surface area contributed by atoms with Crippen LogP contribution in [0, 0.1) is 13.8 Å².